The van der Waals surface area contributed by atoms with Crippen LogP contribution in [0.15, 0.2) is 27.7 Å². The lowest BCUT2D eigenvalue weighted by Crippen LogP contribution is -2.18. The van der Waals surface area contributed by atoms with Gasteiger partial charge in [0.15, 0.2) is 4.34 Å². The topological polar surface area (TPSA) is 50.7 Å². The van der Waals surface area contributed by atoms with Crippen LogP contribution in [0.3, 0.4) is 0 Å². The molecule has 4 nitrogen and oxygen atoms in total. The maximum atomic E-state index is 4.47. The molecule has 2 heterocycles. The van der Waals surface area contributed by atoms with Crippen molar-refractivity contribution in [3.63, 3.8) is 0 Å². The Morgan fingerprint density at radius 2 is 2.20 bits per heavy atom. The highest BCUT2D eigenvalue weighted by Gasteiger charge is 2.05. The van der Waals surface area contributed by atoms with Crippen molar-refractivity contribution >= 4 is 23.3 Å². The van der Waals surface area contributed by atoms with E-state index in [1.165, 1.54) is 17.1 Å². The van der Waals surface area contributed by atoms with Crippen LogP contribution in [0.1, 0.15) is 32.2 Å². The van der Waals surface area contributed by atoms with Gasteiger partial charge in [-0.2, -0.15) is 4.37 Å². The fraction of sp³-hybridized carbons (Fsp3) is 0.500. The summed E-state index contributed by atoms with van der Waals surface area (Å²) in [6.45, 7) is 8.37. The minimum absolute atomic E-state index is 0.669. The Morgan fingerprint density at radius 1 is 1.35 bits per heavy atom. The van der Waals surface area contributed by atoms with Crippen molar-refractivity contribution in [2.45, 2.75) is 43.1 Å². The second-order valence-corrected chi connectivity index (χ2v) is 6.98. The van der Waals surface area contributed by atoms with Gasteiger partial charge in [-0.25, -0.2) is 9.97 Å². The second-order valence-electron chi connectivity index (χ2n) is 4.96. The third-order valence-electron chi connectivity index (χ3n) is 2.64. The molecule has 2 aromatic heterocycles. The van der Waals surface area contributed by atoms with Gasteiger partial charge in [0.05, 0.1) is 0 Å². The van der Waals surface area contributed by atoms with E-state index in [4.69, 9.17) is 0 Å². The summed E-state index contributed by atoms with van der Waals surface area (Å²) >= 11 is 3.01. The lowest BCUT2D eigenvalue weighted by atomic mass is 10.2. The summed E-state index contributed by atoms with van der Waals surface area (Å²) < 4.78 is 5.24. The molecule has 0 unspecified atom stereocenters. The summed E-state index contributed by atoms with van der Waals surface area (Å²) in [6, 6.07) is 4.16. The number of rotatable bonds is 7. The highest BCUT2D eigenvalue weighted by Crippen LogP contribution is 2.27. The van der Waals surface area contributed by atoms with Gasteiger partial charge in [0.25, 0.3) is 0 Å². The minimum atomic E-state index is 0.669. The van der Waals surface area contributed by atoms with Crippen molar-refractivity contribution in [1.82, 2.24) is 19.7 Å². The molecule has 2 rings (SSSR count). The molecular weight excluding hydrogens is 288 g/mol. The normalized spacial score (nSPS) is 11.2. The number of hydrogen-bond acceptors (Lipinski definition) is 6. The van der Waals surface area contributed by atoms with Gasteiger partial charge in [0.1, 0.15) is 10.9 Å². The number of pyridine rings is 1. The van der Waals surface area contributed by atoms with E-state index in [0.717, 1.165) is 34.7 Å². The third-order valence-corrected chi connectivity index (χ3v) is 4.38. The highest BCUT2D eigenvalue weighted by molar-refractivity contribution is 8.00. The Hall–Kier alpha value is -0.980. The van der Waals surface area contributed by atoms with Gasteiger partial charge in [-0.3, -0.25) is 0 Å². The first kappa shape index (κ1) is 15.4. The zero-order valence-corrected chi connectivity index (χ0v) is 13.7. The monoisotopic (exact) mass is 308 g/mol. The average Bonchev–Trinajstić information content (AvgIpc) is 2.88. The van der Waals surface area contributed by atoms with E-state index in [9.17, 15) is 0 Å². The van der Waals surface area contributed by atoms with Crippen molar-refractivity contribution in [1.29, 1.82) is 0 Å². The molecule has 0 saturated heterocycles. The van der Waals surface area contributed by atoms with E-state index >= 15 is 0 Å². The second kappa shape index (κ2) is 7.71. The van der Waals surface area contributed by atoms with Gasteiger partial charge in [-0.15, -0.1) is 0 Å². The molecule has 0 spiro atoms. The third kappa shape index (κ3) is 4.85. The molecule has 20 heavy (non-hydrogen) atoms. The molecule has 0 saturated carbocycles. The quantitative estimate of drug-likeness (QED) is 0.849. The van der Waals surface area contributed by atoms with Crippen LogP contribution in [0, 0.1) is 5.92 Å². The molecule has 0 aliphatic rings. The van der Waals surface area contributed by atoms with Gasteiger partial charge >= 0.3 is 0 Å². The van der Waals surface area contributed by atoms with E-state index in [1.54, 1.807) is 11.8 Å². The molecule has 108 valence electrons. The number of hydrogen-bond donors (Lipinski definition) is 1. The summed E-state index contributed by atoms with van der Waals surface area (Å²) in [6.07, 6.45) is 2.81. The Balaban J connectivity index is 1.87. The molecule has 0 fully saturated rings. The molecule has 0 bridgehead atoms. The first-order valence-corrected chi connectivity index (χ1v) is 8.42. The first-order chi connectivity index (χ1) is 9.67. The van der Waals surface area contributed by atoms with E-state index in [0.29, 0.717) is 5.92 Å². The summed E-state index contributed by atoms with van der Waals surface area (Å²) in [5, 5.41) is 4.38. The van der Waals surface area contributed by atoms with Crippen LogP contribution in [0.25, 0.3) is 0 Å². The van der Waals surface area contributed by atoms with E-state index in [1.807, 2.05) is 12.3 Å². The predicted octanol–water partition coefficient (Wildman–Crippen LogP) is 3.39. The predicted molar refractivity (Wildman–Crippen MR) is 84.2 cm³/mol. The van der Waals surface area contributed by atoms with E-state index in [-0.39, 0.29) is 0 Å². The van der Waals surface area contributed by atoms with Gasteiger partial charge in [-0.05, 0) is 47.4 Å². The van der Waals surface area contributed by atoms with Crippen molar-refractivity contribution in [3.05, 3.63) is 29.7 Å². The number of aryl methyl sites for hydroxylation is 1. The molecular formula is C14H20N4S2. The fourth-order valence-electron chi connectivity index (χ4n) is 1.59. The molecule has 0 radical (unpaired) electrons. The fourth-order valence-corrected chi connectivity index (χ4v) is 3.18. The van der Waals surface area contributed by atoms with Gasteiger partial charge in [0, 0.05) is 19.2 Å². The molecule has 6 heteroatoms. The lowest BCUT2D eigenvalue weighted by Gasteiger charge is -2.07. The Kier molecular flexibility index (Phi) is 5.94. The highest BCUT2D eigenvalue weighted by atomic mass is 32.2. The lowest BCUT2D eigenvalue weighted by molar-refractivity contribution is 0.551. The van der Waals surface area contributed by atoms with Crippen LogP contribution < -0.4 is 5.32 Å². The number of nitrogens with zero attached hydrogens (tertiary/aromatic N) is 3. The Morgan fingerprint density at radius 3 is 2.80 bits per heavy atom. The molecule has 0 aliphatic heterocycles. The zero-order valence-electron chi connectivity index (χ0n) is 12.1. The maximum absolute atomic E-state index is 4.47. The summed E-state index contributed by atoms with van der Waals surface area (Å²) in [5.41, 5.74) is 1.21. The van der Waals surface area contributed by atoms with Crippen LogP contribution in [-0.4, -0.2) is 20.9 Å². The smallest absolute Gasteiger partial charge is 0.176 e. The summed E-state index contributed by atoms with van der Waals surface area (Å²) in [7, 11) is 0. The Bertz CT molecular complexity index is 522. The van der Waals surface area contributed by atoms with Crippen molar-refractivity contribution < 1.29 is 0 Å². The summed E-state index contributed by atoms with van der Waals surface area (Å²) in [5.74, 6) is 1.58. The molecule has 0 aromatic carbocycles. The minimum Gasteiger partial charge on any atom is -0.312 e. The number of nitrogens with one attached hydrogen (secondary N) is 1. The molecule has 1 N–H and O–H groups in total. The first-order valence-electron chi connectivity index (χ1n) is 6.83. The van der Waals surface area contributed by atoms with Crippen LogP contribution >= 0.6 is 23.3 Å². The van der Waals surface area contributed by atoms with E-state index < -0.39 is 0 Å². The standard InChI is InChI=1S/C14H20N4S2/c1-4-12-17-14(20-18-12)19-13-6-5-11(9-16-13)8-15-7-10(2)3/h5-6,9-10,15H,4,7-8H2,1-3H3. The van der Waals surface area contributed by atoms with Crippen molar-refractivity contribution in [3.8, 4) is 0 Å². The van der Waals surface area contributed by atoms with Crippen LogP contribution in [0.2, 0.25) is 0 Å². The zero-order chi connectivity index (χ0) is 14.4. The molecule has 0 aliphatic carbocycles. The Labute approximate surface area is 128 Å². The van der Waals surface area contributed by atoms with Crippen LogP contribution in [-0.2, 0) is 13.0 Å². The van der Waals surface area contributed by atoms with Crippen molar-refractivity contribution in [2.24, 2.45) is 5.92 Å². The largest absolute Gasteiger partial charge is 0.312 e. The molecule has 0 amide bonds. The van der Waals surface area contributed by atoms with Crippen molar-refractivity contribution in [2.75, 3.05) is 6.54 Å². The maximum Gasteiger partial charge on any atom is 0.176 e. The molecule has 2 aromatic rings. The van der Waals surface area contributed by atoms with Gasteiger partial charge in [0.2, 0.25) is 0 Å². The van der Waals surface area contributed by atoms with Crippen LogP contribution in [0.5, 0.6) is 0 Å². The van der Waals surface area contributed by atoms with Gasteiger partial charge < -0.3 is 5.32 Å². The summed E-state index contributed by atoms with van der Waals surface area (Å²) in [4.78, 5) is 8.90. The SMILES string of the molecule is CCc1nsc(Sc2ccc(CNCC(C)C)cn2)n1. The average molecular weight is 308 g/mol. The van der Waals surface area contributed by atoms with Crippen LogP contribution in [0.4, 0.5) is 0 Å². The number of aromatic nitrogens is 3. The molecule has 0 atom stereocenters. The van der Waals surface area contributed by atoms with E-state index in [2.05, 4.69) is 46.5 Å². The van der Waals surface area contributed by atoms with Gasteiger partial charge in [-0.1, -0.05) is 26.8 Å².